The molecule has 1 aromatic carbocycles. The van der Waals surface area contributed by atoms with Crippen LogP contribution in [0.1, 0.15) is 35.9 Å². The number of carbonyl (C=O) groups is 1. The van der Waals surface area contributed by atoms with E-state index >= 15 is 0 Å². The number of aromatic nitrogens is 3. The van der Waals surface area contributed by atoms with Gasteiger partial charge in [-0.2, -0.15) is 5.10 Å². The van der Waals surface area contributed by atoms with Crippen LogP contribution in [0.2, 0.25) is 0 Å². The van der Waals surface area contributed by atoms with Crippen LogP contribution in [0.15, 0.2) is 18.2 Å². The van der Waals surface area contributed by atoms with Crippen molar-refractivity contribution in [1.29, 1.82) is 0 Å². The molecular weight excluding hydrogens is 404 g/mol. The van der Waals surface area contributed by atoms with Crippen molar-refractivity contribution in [1.82, 2.24) is 14.8 Å². The van der Waals surface area contributed by atoms with Gasteiger partial charge >= 0.3 is 0 Å². The first kappa shape index (κ1) is 20.6. The number of anilines is 1. The summed E-state index contributed by atoms with van der Waals surface area (Å²) in [5, 5.41) is 5.03. The fourth-order valence-electron chi connectivity index (χ4n) is 3.73. The maximum atomic E-state index is 13.6. The van der Waals surface area contributed by atoms with E-state index in [2.05, 4.69) is 5.10 Å². The number of carbonyl (C=O) groups excluding carboxylic acids is 1. The van der Waals surface area contributed by atoms with Gasteiger partial charge in [-0.3, -0.25) is 14.4 Å². The van der Waals surface area contributed by atoms with E-state index < -0.39 is 0 Å². The molecule has 9 heteroatoms. The summed E-state index contributed by atoms with van der Waals surface area (Å²) in [6, 6.07) is 5.50. The van der Waals surface area contributed by atoms with E-state index in [1.807, 2.05) is 32.0 Å². The van der Waals surface area contributed by atoms with Crippen molar-refractivity contribution in [2.75, 3.05) is 32.3 Å². The van der Waals surface area contributed by atoms with Gasteiger partial charge in [0, 0.05) is 13.2 Å². The van der Waals surface area contributed by atoms with Crippen LogP contribution in [0.5, 0.6) is 11.5 Å². The average molecular weight is 431 g/mol. The van der Waals surface area contributed by atoms with Crippen molar-refractivity contribution in [2.24, 2.45) is 0 Å². The first-order valence-corrected chi connectivity index (χ1v) is 10.9. The molecule has 3 heterocycles. The minimum Gasteiger partial charge on any atom is -0.495 e. The quantitative estimate of drug-likeness (QED) is 0.569. The van der Waals surface area contributed by atoms with E-state index in [0.717, 1.165) is 29.8 Å². The van der Waals surface area contributed by atoms with Crippen molar-refractivity contribution in [2.45, 2.75) is 39.3 Å². The smallest absolute Gasteiger partial charge is 0.278 e. The van der Waals surface area contributed by atoms with Gasteiger partial charge in [-0.1, -0.05) is 11.3 Å². The van der Waals surface area contributed by atoms with E-state index in [0.29, 0.717) is 40.9 Å². The van der Waals surface area contributed by atoms with Crippen molar-refractivity contribution < 1.29 is 19.0 Å². The Labute approximate surface area is 179 Å². The van der Waals surface area contributed by atoms with Crippen LogP contribution in [-0.4, -0.2) is 54.1 Å². The second kappa shape index (κ2) is 8.61. The Morgan fingerprint density at radius 1 is 1.33 bits per heavy atom. The van der Waals surface area contributed by atoms with Crippen LogP contribution in [0.3, 0.4) is 0 Å². The Morgan fingerprint density at radius 3 is 2.77 bits per heavy atom. The third kappa shape index (κ3) is 3.75. The molecule has 2 aromatic heterocycles. The molecule has 160 valence electrons. The highest BCUT2D eigenvalue weighted by molar-refractivity contribution is 7.22. The topological polar surface area (TPSA) is 78.7 Å². The van der Waals surface area contributed by atoms with Gasteiger partial charge in [-0.25, -0.2) is 4.98 Å². The first-order chi connectivity index (χ1) is 14.5. The summed E-state index contributed by atoms with van der Waals surface area (Å²) in [6.07, 6.45) is 1.91. The SMILES string of the molecule is CCn1nc(C)cc1C(=O)N(C[C@@H]1CCCO1)c1nc2c(OC)ccc(OC)c2s1. The van der Waals surface area contributed by atoms with Crippen LogP contribution in [0.25, 0.3) is 10.2 Å². The predicted molar refractivity (Wildman–Crippen MR) is 116 cm³/mol. The zero-order valence-electron chi connectivity index (χ0n) is 17.7. The number of thiazole rings is 1. The summed E-state index contributed by atoms with van der Waals surface area (Å²) < 4.78 is 19.4. The lowest BCUT2D eigenvalue weighted by Crippen LogP contribution is -2.38. The van der Waals surface area contributed by atoms with E-state index in [1.54, 1.807) is 23.8 Å². The molecule has 1 aliphatic rings. The van der Waals surface area contributed by atoms with Crippen LogP contribution in [-0.2, 0) is 11.3 Å². The Hall–Kier alpha value is -2.65. The molecule has 0 aliphatic carbocycles. The molecule has 4 rings (SSSR count). The van der Waals surface area contributed by atoms with Gasteiger partial charge in [0.15, 0.2) is 5.13 Å². The molecular formula is C21H26N4O4S. The molecule has 8 nitrogen and oxygen atoms in total. The summed E-state index contributed by atoms with van der Waals surface area (Å²) in [5.74, 6) is 1.21. The molecule has 1 amide bonds. The lowest BCUT2D eigenvalue weighted by atomic mass is 10.2. The maximum absolute atomic E-state index is 13.6. The minimum absolute atomic E-state index is 0.0103. The maximum Gasteiger partial charge on any atom is 0.278 e. The van der Waals surface area contributed by atoms with E-state index in [9.17, 15) is 4.79 Å². The third-order valence-electron chi connectivity index (χ3n) is 5.21. The lowest BCUT2D eigenvalue weighted by molar-refractivity contribution is 0.0908. The van der Waals surface area contributed by atoms with Crippen LogP contribution in [0.4, 0.5) is 5.13 Å². The highest BCUT2D eigenvalue weighted by Crippen LogP contribution is 2.40. The highest BCUT2D eigenvalue weighted by Gasteiger charge is 2.30. The van der Waals surface area contributed by atoms with Crippen molar-refractivity contribution >= 4 is 32.6 Å². The molecule has 0 N–H and O–H groups in total. The van der Waals surface area contributed by atoms with E-state index in [4.69, 9.17) is 19.2 Å². The van der Waals surface area contributed by atoms with Gasteiger partial charge in [0.25, 0.3) is 5.91 Å². The number of benzene rings is 1. The molecule has 1 aliphatic heterocycles. The number of hydrogen-bond acceptors (Lipinski definition) is 7. The second-order valence-electron chi connectivity index (χ2n) is 7.18. The third-order valence-corrected chi connectivity index (χ3v) is 6.30. The van der Waals surface area contributed by atoms with Gasteiger partial charge in [0.05, 0.1) is 32.6 Å². The van der Waals surface area contributed by atoms with Crippen molar-refractivity contribution in [3.63, 3.8) is 0 Å². The molecule has 1 fully saturated rings. The van der Waals surface area contributed by atoms with Crippen molar-refractivity contribution in [3.8, 4) is 11.5 Å². The number of amides is 1. The van der Waals surface area contributed by atoms with Gasteiger partial charge in [0.1, 0.15) is 27.4 Å². The van der Waals surface area contributed by atoms with Gasteiger partial charge in [-0.05, 0) is 44.9 Å². The zero-order valence-corrected chi connectivity index (χ0v) is 18.5. The summed E-state index contributed by atoms with van der Waals surface area (Å²) in [6.45, 7) is 5.64. The largest absolute Gasteiger partial charge is 0.495 e. The lowest BCUT2D eigenvalue weighted by Gasteiger charge is -2.23. The van der Waals surface area contributed by atoms with Crippen LogP contribution >= 0.6 is 11.3 Å². The van der Waals surface area contributed by atoms with Gasteiger partial charge < -0.3 is 14.2 Å². The fraction of sp³-hybridized carbons (Fsp3) is 0.476. The van der Waals surface area contributed by atoms with Crippen molar-refractivity contribution in [3.05, 3.63) is 29.6 Å². The summed E-state index contributed by atoms with van der Waals surface area (Å²) in [5.41, 5.74) is 2.04. The Bertz CT molecular complexity index is 1010. The number of rotatable bonds is 7. The van der Waals surface area contributed by atoms with Gasteiger partial charge in [-0.15, -0.1) is 0 Å². The second-order valence-corrected chi connectivity index (χ2v) is 8.16. The molecule has 0 saturated carbocycles. The summed E-state index contributed by atoms with van der Waals surface area (Å²) in [7, 11) is 3.23. The summed E-state index contributed by atoms with van der Waals surface area (Å²) >= 11 is 1.42. The number of ether oxygens (including phenoxy) is 3. The van der Waals surface area contributed by atoms with Crippen LogP contribution < -0.4 is 14.4 Å². The standard InChI is InChI=1S/C21H26N4O4S/c1-5-25-15(11-13(2)23-25)20(26)24(12-14-7-6-10-29-14)21-22-18-16(27-3)8-9-17(28-4)19(18)30-21/h8-9,11,14H,5-7,10,12H2,1-4H3/t14-/m0/s1. The van der Waals surface area contributed by atoms with E-state index in [1.165, 1.54) is 11.3 Å². The number of hydrogen-bond donors (Lipinski definition) is 0. The monoisotopic (exact) mass is 430 g/mol. The number of methoxy groups -OCH3 is 2. The first-order valence-electron chi connectivity index (χ1n) is 10.0. The van der Waals surface area contributed by atoms with Gasteiger partial charge in [0.2, 0.25) is 0 Å². The zero-order chi connectivity index (χ0) is 21.3. The minimum atomic E-state index is -0.134. The number of nitrogens with zero attached hydrogens (tertiary/aromatic N) is 4. The van der Waals surface area contributed by atoms with Crippen LogP contribution in [0, 0.1) is 6.92 Å². The molecule has 0 spiro atoms. The molecule has 0 unspecified atom stereocenters. The number of aryl methyl sites for hydroxylation is 2. The Morgan fingerprint density at radius 2 is 2.10 bits per heavy atom. The summed E-state index contributed by atoms with van der Waals surface area (Å²) in [4.78, 5) is 20.1. The normalized spacial score (nSPS) is 16.2. The fourth-order valence-corrected chi connectivity index (χ4v) is 4.81. The number of fused-ring (bicyclic) bond motifs is 1. The molecule has 0 bridgehead atoms. The predicted octanol–water partition coefficient (Wildman–Crippen LogP) is 3.66. The molecule has 1 atom stereocenters. The molecule has 1 saturated heterocycles. The molecule has 30 heavy (non-hydrogen) atoms. The molecule has 0 radical (unpaired) electrons. The Balaban J connectivity index is 1.80. The Kier molecular flexibility index (Phi) is 5.92. The average Bonchev–Trinajstić information content (AvgIpc) is 3.49. The molecule has 3 aromatic rings. The van der Waals surface area contributed by atoms with E-state index in [-0.39, 0.29) is 12.0 Å². The highest BCUT2D eigenvalue weighted by atomic mass is 32.1.